The number of rotatable bonds is 4. The minimum absolute atomic E-state index is 0.355. The lowest BCUT2D eigenvalue weighted by Crippen LogP contribution is -2.45. The summed E-state index contributed by atoms with van der Waals surface area (Å²) in [6.45, 7) is 3.49. The molecule has 1 fully saturated rings. The lowest BCUT2D eigenvalue weighted by Gasteiger charge is -2.32. The van der Waals surface area contributed by atoms with Crippen molar-refractivity contribution >= 4 is 22.8 Å². The first kappa shape index (κ1) is 20.2. The predicted octanol–water partition coefficient (Wildman–Crippen LogP) is 2.96. The van der Waals surface area contributed by atoms with Gasteiger partial charge >= 0.3 is 0 Å². The van der Waals surface area contributed by atoms with Crippen molar-refractivity contribution in [3.8, 4) is 22.7 Å². The quantitative estimate of drug-likeness (QED) is 0.530. The number of aromatic nitrogens is 4. The molecule has 32 heavy (non-hydrogen) atoms. The molecule has 0 saturated carbocycles. The van der Waals surface area contributed by atoms with Crippen molar-refractivity contribution in [2.45, 2.75) is 0 Å². The summed E-state index contributed by atoms with van der Waals surface area (Å²) in [6.07, 6.45) is 0. The van der Waals surface area contributed by atoms with Gasteiger partial charge in [0.1, 0.15) is 17.4 Å². The Balaban J connectivity index is 1.72. The second-order valence-corrected chi connectivity index (χ2v) is 7.87. The van der Waals surface area contributed by atoms with E-state index < -0.39 is 0 Å². The fraction of sp³-hybridized carbons (Fsp3) is 0.261. The number of nitrogen functional groups attached to an aromatic ring is 1. The van der Waals surface area contributed by atoms with Crippen LogP contribution in [0.15, 0.2) is 48.5 Å². The van der Waals surface area contributed by atoms with E-state index in [4.69, 9.17) is 20.4 Å². The molecular formula is C23H24FN7O. The Morgan fingerprint density at radius 3 is 2.53 bits per heavy atom. The number of piperazine rings is 1. The number of likely N-dealkylation sites (N-methyl/N-ethyl adjacent to an activating group) is 1. The average molecular weight is 433 g/mol. The summed E-state index contributed by atoms with van der Waals surface area (Å²) in [4.78, 5) is 14.1. The van der Waals surface area contributed by atoms with E-state index in [0.29, 0.717) is 39.9 Å². The van der Waals surface area contributed by atoms with E-state index in [1.54, 1.807) is 19.2 Å². The molecule has 0 radical (unpaired) electrons. The van der Waals surface area contributed by atoms with Crippen molar-refractivity contribution in [3.63, 3.8) is 0 Å². The number of ether oxygens (including phenoxy) is 1. The van der Waals surface area contributed by atoms with E-state index in [2.05, 4.69) is 21.9 Å². The number of benzene rings is 2. The second-order valence-electron chi connectivity index (χ2n) is 7.87. The van der Waals surface area contributed by atoms with Crippen molar-refractivity contribution < 1.29 is 9.13 Å². The Hall–Kier alpha value is -3.72. The maximum atomic E-state index is 13.9. The normalized spacial score (nSPS) is 14.8. The van der Waals surface area contributed by atoms with Gasteiger partial charge in [-0.15, -0.1) is 5.10 Å². The minimum Gasteiger partial charge on any atom is -0.497 e. The Kier molecular flexibility index (Phi) is 5.10. The number of methoxy groups -OCH3 is 1. The third-order valence-electron chi connectivity index (χ3n) is 5.74. The van der Waals surface area contributed by atoms with Gasteiger partial charge in [-0.1, -0.05) is 18.2 Å². The Morgan fingerprint density at radius 2 is 1.78 bits per heavy atom. The summed E-state index contributed by atoms with van der Waals surface area (Å²) < 4.78 is 20.8. The highest BCUT2D eigenvalue weighted by atomic mass is 19.1. The number of hydrogen-bond donors (Lipinski definition) is 1. The molecule has 0 aliphatic carbocycles. The monoisotopic (exact) mass is 433 g/mol. The highest BCUT2D eigenvalue weighted by Gasteiger charge is 2.23. The number of nitrogens with two attached hydrogens (primary N) is 1. The molecule has 1 saturated heterocycles. The SMILES string of the molecule is COc1cccc(-c2nc(N3CCN(C)CC3)nc3nn(-c4cccc(F)c4)c(N)c23)c1. The fourth-order valence-electron chi connectivity index (χ4n) is 3.93. The van der Waals surface area contributed by atoms with Crippen LogP contribution < -0.4 is 15.4 Å². The van der Waals surface area contributed by atoms with Crippen LogP contribution in [0.3, 0.4) is 0 Å². The summed E-state index contributed by atoms with van der Waals surface area (Å²) in [5, 5.41) is 5.25. The zero-order valence-corrected chi connectivity index (χ0v) is 18.0. The number of anilines is 2. The van der Waals surface area contributed by atoms with Gasteiger partial charge in [0, 0.05) is 31.7 Å². The number of nitrogens with zero attached hydrogens (tertiary/aromatic N) is 6. The first-order valence-corrected chi connectivity index (χ1v) is 10.4. The molecule has 2 aromatic carbocycles. The van der Waals surface area contributed by atoms with Crippen molar-refractivity contribution in [2.75, 3.05) is 51.0 Å². The minimum atomic E-state index is -0.362. The zero-order chi connectivity index (χ0) is 22.2. The summed E-state index contributed by atoms with van der Waals surface area (Å²) in [6, 6.07) is 13.8. The topological polar surface area (TPSA) is 85.3 Å². The molecule has 1 aliphatic heterocycles. The molecule has 4 aromatic rings. The van der Waals surface area contributed by atoms with Gasteiger partial charge in [0.2, 0.25) is 5.95 Å². The van der Waals surface area contributed by atoms with Gasteiger partial charge in [-0.2, -0.15) is 4.98 Å². The Labute approximate surface area is 185 Å². The van der Waals surface area contributed by atoms with Crippen LogP contribution in [-0.2, 0) is 0 Å². The van der Waals surface area contributed by atoms with E-state index in [9.17, 15) is 4.39 Å². The third kappa shape index (κ3) is 3.60. The summed E-state index contributed by atoms with van der Waals surface area (Å²) >= 11 is 0. The van der Waals surface area contributed by atoms with Gasteiger partial charge in [-0.3, -0.25) is 0 Å². The molecule has 0 atom stereocenters. The Morgan fingerprint density at radius 1 is 1.00 bits per heavy atom. The van der Waals surface area contributed by atoms with Gasteiger partial charge in [-0.05, 0) is 37.4 Å². The van der Waals surface area contributed by atoms with Gasteiger partial charge in [0.25, 0.3) is 0 Å². The lowest BCUT2D eigenvalue weighted by molar-refractivity contribution is 0.311. The van der Waals surface area contributed by atoms with Crippen molar-refractivity contribution in [2.24, 2.45) is 0 Å². The molecule has 3 heterocycles. The molecule has 8 nitrogen and oxygen atoms in total. The number of fused-ring (bicyclic) bond motifs is 1. The molecule has 1 aliphatic rings. The van der Waals surface area contributed by atoms with Crippen LogP contribution in [0, 0.1) is 5.82 Å². The van der Waals surface area contributed by atoms with E-state index in [-0.39, 0.29) is 5.82 Å². The highest BCUT2D eigenvalue weighted by Crippen LogP contribution is 2.34. The molecule has 0 spiro atoms. The highest BCUT2D eigenvalue weighted by molar-refractivity contribution is 5.99. The molecule has 9 heteroatoms. The second kappa shape index (κ2) is 8.08. The summed E-state index contributed by atoms with van der Waals surface area (Å²) in [5.74, 6) is 1.31. The zero-order valence-electron chi connectivity index (χ0n) is 18.0. The summed E-state index contributed by atoms with van der Waals surface area (Å²) in [7, 11) is 3.73. The largest absolute Gasteiger partial charge is 0.497 e. The van der Waals surface area contributed by atoms with E-state index >= 15 is 0 Å². The van der Waals surface area contributed by atoms with Crippen molar-refractivity contribution in [1.82, 2.24) is 24.6 Å². The van der Waals surface area contributed by atoms with Gasteiger partial charge in [-0.25, -0.2) is 14.1 Å². The van der Waals surface area contributed by atoms with Crippen LogP contribution in [0.2, 0.25) is 0 Å². The van der Waals surface area contributed by atoms with Crippen LogP contribution in [0.5, 0.6) is 5.75 Å². The lowest BCUT2D eigenvalue weighted by atomic mass is 10.1. The molecule has 0 bridgehead atoms. The van der Waals surface area contributed by atoms with Crippen molar-refractivity contribution in [3.05, 3.63) is 54.3 Å². The third-order valence-corrected chi connectivity index (χ3v) is 5.74. The Bertz CT molecular complexity index is 1280. The van der Waals surface area contributed by atoms with Crippen LogP contribution in [0.1, 0.15) is 0 Å². The van der Waals surface area contributed by atoms with Crippen LogP contribution in [0.4, 0.5) is 16.2 Å². The number of halogens is 1. The molecule has 2 N–H and O–H groups in total. The standard InChI is InChI=1S/C23H24FN7O/c1-29-9-11-30(12-10-29)23-26-20(15-5-3-8-18(13-15)32-2)19-21(25)31(28-22(19)27-23)17-7-4-6-16(24)14-17/h3-8,13-14H,9-12,25H2,1-2H3. The molecular weight excluding hydrogens is 409 g/mol. The van der Waals surface area contributed by atoms with Crippen LogP contribution in [-0.4, -0.2) is 65.0 Å². The fourth-order valence-corrected chi connectivity index (χ4v) is 3.93. The molecule has 0 amide bonds. The van der Waals surface area contributed by atoms with E-state index in [1.165, 1.54) is 16.8 Å². The number of hydrogen-bond acceptors (Lipinski definition) is 7. The summed E-state index contributed by atoms with van der Waals surface area (Å²) in [5.41, 5.74) is 9.03. The maximum Gasteiger partial charge on any atom is 0.228 e. The first-order valence-electron chi connectivity index (χ1n) is 10.4. The van der Waals surface area contributed by atoms with E-state index in [1.807, 2.05) is 24.3 Å². The average Bonchev–Trinajstić information content (AvgIpc) is 3.15. The predicted molar refractivity (Wildman–Crippen MR) is 123 cm³/mol. The maximum absolute atomic E-state index is 13.9. The molecule has 0 unspecified atom stereocenters. The van der Waals surface area contributed by atoms with Crippen LogP contribution >= 0.6 is 0 Å². The van der Waals surface area contributed by atoms with Crippen molar-refractivity contribution in [1.29, 1.82) is 0 Å². The molecule has 5 rings (SSSR count). The molecule has 2 aromatic heterocycles. The van der Waals surface area contributed by atoms with Gasteiger partial charge < -0.3 is 20.3 Å². The van der Waals surface area contributed by atoms with E-state index in [0.717, 1.165) is 31.7 Å². The first-order chi connectivity index (χ1) is 15.5. The van der Waals surface area contributed by atoms with Gasteiger partial charge in [0.15, 0.2) is 5.65 Å². The molecule has 164 valence electrons. The van der Waals surface area contributed by atoms with Crippen LogP contribution in [0.25, 0.3) is 28.0 Å². The van der Waals surface area contributed by atoms with Gasteiger partial charge in [0.05, 0.1) is 23.9 Å². The smallest absolute Gasteiger partial charge is 0.228 e.